The maximum atomic E-state index is 12.8. The number of nitrogens with one attached hydrogen (secondary N) is 1. The summed E-state index contributed by atoms with van der Waals surface area (Å²) >= 11 is 0. The van der Waals surface area contributed by atoms with Gasteiger partial charge in [-0.05, 0) is 30.5 Å². The van der Waals surface area contributed by atoms with E-state index in [-0.39, 0.29) is 5.91 Å². The van der Waals surface area contributed by atoms with Gasteiger partial charge in [0.25, 0.3) is 5.91 Å². The third-order valence-electron chi connectivity index (χ3n) is 4.96. The minimum absolute atomic E-state index is 0.261. The van der Waals surface area contributed by atoms with Crippen molar-refractivity contribution in [2.45, 2.75) is 13.5 Å². The van der Waals surface area contributed by atoms with Crippen LogP contribution in [0.3, 0.4) is 0 Å². The number of aryl methyl sites for hydroxylation is 1. The number of fused-ring (bicyclic) bond motifs is 3. The monoisotopic (exact) mass is 375 g/mol. The van der Waals surface area contributed by atoms with Crippen molar-refractivity contribution < 1.29 is 18.7 Å². The largest absolute Gasteiger partial charge is 0.497 e. The van der Waals surface area contributed by atoms with Crippen LogP contribution in [0, 0.1) is 6.92 Å². The molecule has 0 saturated heterocycles. The normalized spacial score (nSPS) is 11.0. The molecule has 0 atom stereocenters. The van der Waals surface area contributed by atoms with Gasteiger partial charge in [-0.15, -0.1) is 0 Å². The van der Waals surface area contributed by atoms with Crippen LogP contribution >= 0.6 is 0 Å². The van der Waals surface area contributed by atoms with E-state index < -0.39 is 0 Å². The molecule has 0 bridgehead atoms. The van der Waals surface area contributed by atoms with Gasteiger partial charge in [0.05, 0.1) is 14.2 Å². The Morgan fingerprint density at radius 3 is 2.61 bits per heavy atom. The van der Waals surface area contributed by atoms with Crippen molar-refractivity contribution in [3.63, 3.8) is 0 Å². The van der Waals surface area contributed by atoms with E-state index >= 15 is 0 Å². The quantitative estimate of drug-likeness (QED) is 0.542. The number of rotatable bonds is 5. The number of methoxy groups -OCH3 is 2. The van der Waals surface area contributed by atoms with Crippen LogP contribution in [0.1, 0.15) is 21.7 Å². The third kappa shape index (κ3) is 3.05. The first-order valence-corrected chi connectivity index (χ1v) is 9.02. The van der Waals surface area contributed by atoms with E-state index in [0.29, 0.717) is 23.8 Å². The Morgan fingerprint density at radius 2 is 1.82 bits per heavy atom. The molecule has 1 amide bonds. The van der Waals surface area contributed by atoms with Crippen LogP contribution in [0.25, 0.3) is 21.7 Å². The van der Waals surface area contributed by atoms with E-state index in [4.69, 9.17) is 13.9 Å². The summed E-state index contributed by atoms with van der Waals surface area (Å²) in [5.41, 5.74) is 2.39. The molecule has 0 unspecified atom stereocenters. The number of carbonyl (C=O) groups is 1. The fourth-order valence-electron chi connectivity index (χ4n) is 3.44. The molecule has 0 spiro atoms. The Balaban J connectivity index is 1.65. The number of benzene rings is 3. The molecular weight excluding hydrogens is 354 g/mol. The molecular formula is C23H21NO4. The average molecular weight is 375 g/mol. The average Bonchev–Trinajstić information content (AvgIpc) is 3.08. The van der Waals surface area contributed by atoms with Crippen molar-refractivity contribution in [2.24, 2.45) is 0 Å². The topological polar surface area (TPSA) is 60.7 Å². The summed E-state index contributed by atoms with van der Waals surface area (Å²) in [5.74, 6) is 1.46. The van der Waals surface area contributed by atoms with Gasteiger partial charge in [0.2, 0.25) is 0 Å². The lowest BCUT2D eigenvalue weighted by Crippen LogP contribution is -2.23. The van der Waals surface area contributed by atoms with Crippen LogP contribution in [0.4, 0.5) is 0 Å². The molecule has 4 rings (SSSR count). The van der Waals surface area contributed by atoms with E-state index in [1.165, 1.54) is 0 Å². The molecule has 0 aliphatic rings. The highest BCUT2D eigenvalue weighted by atomic mass is 16.5. The number of hydrogen-bond acceptors (Lipinski definition) is 4. The van der Waals surface area contributed by atoms with Crippen LogP contribution < -0.4 is 14.8 Å². The minimum atomic E-state index is -0.261. The van der Waals surface area contributed by atoms with Gasteiger partial charge in [-0.2, -0.15) is 0 Å². The lowest BCUT2D eigenvalue weighted by Gasteiger charge is -2.11. The SMILES string of the molecule is COc1ccc(OC)c(CNC(=O)c2oc3c(ccc4ccccc43)c2C)c1. The van der Waals surface area contributed by atoms with E-state index in [2.05, 4.69) is 5.32 Å². The summed E-state index contributed by atoms with van der Waals surface area (Å²) in [5, 5.41) is 5.95. The lowest BCUT2D eigenvalue weighted by molar-refractivity contribution is 0.0924. The Bertz CT molecular complexity index is 1180. The Kier molecular flexibility index (Phi) is 4.65. The molecule has 0 saturated carbocycles. The van der Waals surface area contributed by atoms with Crippen LogP contribution in [-0.2, 0) is 6.54 Å². The van der Waals surface area contributed by atoms with E-state index in [9.17, 15) is 4.79 Å². The van der Waals surface area contributed by atoms with Gasteiger partial charge >= 0.3 is 0 Å². The summed E-state index contributed by atoms with van der Waals surface area (Å²) in [6.07, 6.45) is 0. The Morgan fingerprint density at radius 1 is 1.00 bits per heavy atom. The second-order valence-electron chi connectivity index (χ2n) is 6.58. The highest BCUT2D eigenvalue weighted by Crippen LogP contribution is 2.32. The van der Waals surface area contributed by atoms with Crippen LogP contribution in [0.2, 0.25) is 0 Å². The second kappa shape index (κ2) is 7.27. The number of amides is 1. The van der Waals surface area contributed by atoms with Gasteiger partial charge in [-0.1, -0.05) is 36.4 Å². The van der Waals surface area contributed by atoms with Crippen molar-refractivity contribution in [3.8, 4) is 11.5 Å². The lowest BCUT2D eigenvalue weighted by atomic mass is 10.1. The molecule has 3 aromatic carbocycles. The molecule has 0 fully saturated rings. The fourth-order valence-corrected chi connectivity index (χ4v) is 3.44. The molecule has 142 valence electrons. The maximum Gasteiger partial charge on any atom is 0.287 e. The van der Waals surface area contributed by atoms with E-state index in [0.717, 1.165) is 32.9 Å². The molecule has 1 heterocycles. The van der Waals surface area contributed by atoms with Crippen LogP contribution in [-0.4, -0.2) is 20.1 Å². The van der Waals surface area contributed by atoms with Crippen molar-refractivity contribution >= 4 is 27.6 Å². The molecule has 1 aromatic heterocycles. The molecule has 0 aliphatic carbocycles. The zero-order chi connectivity index (χ0) is 19.7. The highest BCUT2D eigenvalue weighted by Gasteiger charge is 2.19. The summed E-state index contributed by atoms with van der Waals surface area (Å²) in [7, 11) is 3.20. The number of carbonyl (C=O) groups excluding carboxylic acids is 1. The molecule has 4 aromatic rings. The van der Waals surface area contributed by atoms with Crippen molar-refractivity contribution in [3.05, 3.63) is 71.5 Å². The van der Waals surface area contributed by atoms with Gasteiger partial charge in [-0.3, -0.25) is 4.79 Å². The molecule has 1 N–H and O–H groups in total. The smallest absolute Gasteiger partial charge is 0.287 e. The van der Waals surface area contributed by atoms with Crippen molar-refractivity contribution in [2.75, 3.05) is 14.2 Å². The summed E-state index contributed by atoms with van der Waals surface area (Å²) in [6, 6.07) is 17.5. The van der Waals surface area contributed by atoms with Crippen LogP contribution in [0.15, 0.2) is 59.0 Å². The summed E-state index contributed by atoms with van der Waals surface area (Å²) in [6.45, 7) is 2.21. The maximum absolute atomic E-state index is 12.8. The van der Waals surface area contributed by atoms with Gasteiger partial charge in [-0.25, -0.2) is 0 Å². The first-order chi connectivity index (χ1) is 13.6. The highest BCUT2D eigenvalue weighted by molar-refractivity contribution is 6.08. The first kappa shape index (κ1) is 17.9. The Hall–Kier alpha value is -3.47. The number of ether oxygens (including phenoxy) is 2. The van der Waals surface area contributed by atoms with Gasteiger partial charge in [0.15, 0.2) is 5.76 Å². The standard InChI is InChI=1S/C23H21NO4/c1-14-18-10-8-15-6-4-5-7-19(15)22(18)28-21(14)23(25)24-13-16-12-17(26-2)9-11-20(16)27-3/h4-12H,13H2,1-3H3,(H,24,25). The van der Waals surface area contributed by atoms with Gasteiger partial charge in [0.1, 0.15) is 17.1 Å². The summed E-state index contributed by atoms with van der Waals surface area (Å²) < 4.78 is 16.6. The third-order valence-corrected chi connectivity index (χ3v) is 4.96. The first-order valence-electron chi connectivity index (χ1n) is 9.02. The molecule has 0 radical (unpaired) electrons. The zero-order valence-electron chi connectivity index (χ0n) is 16.0. The number of hydrogen-bond donors (Lipinski definition) is 1. The van der Waals surface area contributed by atoms with Crippen LogP contribution in [0.5, 0.6) is 11.5 Å². The molecule has 0 aliphatic heterocycles. The molecule has 5 nitrogen and oxygen atoms in total. The zero-order valence-corrected chi connectivity index (χ0v) is 16.0. The van der Waals surface area contributed by atoms with Crippen molar-refractivity contribution in [1.29, 1.82) is 0 Å². The van der Waals surface area contributed by atoms with Crippen molar-refractivity contribution in [1.82, 2.24) is 5.32 Å². The number of furan rings is 1. The van der Waals surface area contributed by atoms with Gasteiger partial charge in [0, 0.05) is 28.4 Å². The Labute approximate surface area is 162 Å². The molecule has 28 heavy (non-hydrogen) atoms. The van der Waals surface area contributed by atoms with Gasteiger partial charge < -0.3 is 19.2 Å². The predicted octanol–water partition coefficient (Wildman–Crippen LogP) is 4.84. The predicted molar refractivity (Wildman–Crippen MR) is 109 cm³/mol. The minimum Gasteiger partial charge on any atom is -0.497 e. The molecule has 5 heteroatoms. The fraction of sp³-hybridized carbons (Fsp3) is 0.174. The summed E-state index contributed by atoms with van der Waals surface area (Å²) in [4.78, 5) is 12.8. The van der Waals surface area contributed by atoms with E-state index in [1.807, 2.05) is 61.5 Å². The second-order valence-corrected chi connectivity index (χ2v) is 6.58. The van der Waals surface area contributed by atoms with E-state index in [1.54, 1.807) is 14.2 Å².